The van der Waals surface area contributed by atoms with Crippen LogP contribution < -0.4 is 5.46 Å². The number of rotatable bonds is 2. The highest BCUT2D eigenvalue weighted by Crippen LogP contribution is 2.12. The van der Waals surface area contributed by atoms with Gasteiger partial charge in [-0.15, -0.1) is 0 Å². The summed E-state index contributed by atoms with van der Waals surface area (Å²) in [6, 6.07) is 3.10. The molecule has 0 aliphatic rings. The molecule has 1 aromatic rings. The maximum Gasteiger partial charge on any atom is 0.489 e. The Morgan fingerprint density at radius 2 is 1.94 bits per heavy atom. The van der Waals surface area contributed by atoms with E-state index in [-0.39, 0.29) is 11.0 Å². The van der Waals surface area contributed by atoms with Crippen LogP contribution in [0.2, 0.25) is 0 Å². The molecule has 0 amide bonds. The van der Waals surface area contributed by atoms with Gasteiger partial charge in [0.25, 0.3) is 0 Å². The summed E-state index contributed by atoms with van der Waals surface area (Å²) in [5, 5.41) is 18.1. The third kappa shape index (κ3) is 3.83. The van der Waals surface area contributed by atoms with Gasteiger partial charge in [0, 0.05) is 0 Å². The van der Waals surface area contributed by atoms with E-state index in [0.29, 0.717) is 0 Å². The van der Waals surface area contributed by atoms with Crippen LogP contribution in [0.5, 0.6) is 0 Å². The van der Waals surface area contributed by atoms with Crippen LogP contribution in [-0.2, 0) is 4.74 Å². The number of esters is 1. The van der Waals surface area contributed by atoms with E-state index in [1.807, 2.05) is 0 Å². The van der Waals surface area contributed by atoms with Crippen molar-refractivity contribution in [3.8, 4) is 0 Å². The lowest BCUT2D eigenvalue weighted by atomic mass is 9.77. The number of halogens is 1. The molecule has 6 heteroatoms. The first kappa shape index (κ1) is 13.7. The first-order valence-electron chi connectivity index (χ1n) is 5.09. The van der Waals surface area contributed by atoms with E-state index in [0.717, 1.165) is 18.2 Å². The number of hydrogen-bond donors (Lipinski definition) is 2. The molecule has 0 spiro atoms. The molecule has 0 bridgehead atoms. The third-order valence-electron chi connectivity index (χ3n) is 1.91. The van der Waals surface area contributed by atoms with Crippen LogP contribution in [0.15, 0.2) is 18.2 Å². The highest BCUT2D eigenvalue weighted by molar-refractivity contribution is 6.60. The summed E-state index contributed by atoms with van der Waals surface area (Å²) < 4.78 is 18.1. The van der Waals surface area contributed by atoms with Gasteiger partial charge in [0.2, 0.25) is 0 Å². The molecular formula is C11H14BFO4. The topological polar surface area (TPSA) is 66.8 Å². The van der Waals surface area contributed by atoms with Crippen molar-refractivity contribution in [3.63, 3.8) is 0 Å². The summed E-state index contributed by atoms with van der Waals surface area (Å²) in [5.41, 5.74) is -1.00. The molecule has 0 fully saturated rings. The van der Waals surface area contributed by atoms with Gasteiger partial charge in [-0.3, -0.25) is 0 Å². The van der Waals surface area contributed by atoms with Gasteiger partial charge < -0.3 is 14.8 Å². The molecule has 2 N–H and O–H groups in total. The third-order valence-corrected chi connectivity index (χ3v) is 1.91. The first-order valence-corrected chi connectivity index (χ1v) is 5.09. The van der Waals surface area contributed by atoms with E-state index < -0.39 is 24.5 Å². The fourth-order valence-electron chi connectivity index (χ4n) is 1.26. The minimum Gasteiger partial charge on any atom is -0.456 e. The van der Waals surface area contributed by atoms with Crippen LogP contribution in [0, 0.1) is 5.82 Å². The van der Waals surface area contributed by atoms with Gasteiger partial charge in [-0.2, -0.15) is 0 Å². The smallest absolute Gasteiger partial charge is 0.456 e. The van der Waals surface area contributed by atoms with Crippen molar-refractivity contribution < 1.29 is 24.0 Å². The summed E-state index contributed by atoms with van der Waals surface area (Å²) in [6.45, 7) is 5.00. The average Bonchev–Trinajstić information content (AvgIpc) is 2.14. The number of ether oxygens (including phenoxy) is 1. The SMILES string of the molecule is CC(C)(C)OC(=O)c1cc(F)ccc1B(O)O. The second-order valence-electron chi connectivity index (χ2n) is 4.61. The Morgan fingerprint density at radius 1 is 1.35 bits per heavy atom. The molecule has 1 rings (SSSR count). The maximum atomic E-state index is 13.0. The Balaban J connectivity index is 3.11. The molecule has 0 aromatic heterocycles. The zero-order chi connectivity index (χ0) is 13.2. The minimum absolute atomic E-state index is 0.0827. The van der Waals surface area contributed by atoms with Crippen LogP contribution >= 0.6 is 0 Å². The minimum atomic E-state index is -1.85. The lowest BCUT2D eigenvalue weighted by Gasteiger charge is -2.20. The fourth-order valence-corrected chi connectivity index (χ4v) is 1.26. The summed E-state index contributed by atoms with van der Waals surface area (Å²) in [4.78, 5) is 11.7. The van der Waals surface area contributed by atoms with Crippen LogP contribution in [0.4, 0.5) is 4.39 Å². The Labute approximate surface area is 99.2 Å². The summed E-state index contributed by atoms with van der Waals surface area (Å²) >= 11 is 0. The van der Waals surface area contributed by atoms with E-state index >= 15 is 0 Å². The van der Waals surface area contributed by atoms with Crippen LogP contribution in [0.1, 0.15) is 31.1 Å². The molecule has 0 aliphatic heterocycles. The van der Waals surface area contributed by atoms with Crippen molar-refractivity contribution in [1.82, 2.24) is 0 Å². The van der Waals surface area contributed by atoms with E-state index in [1.54, 1.807) is 20.8 Å². The van der Waals surface area contributed by atoms with E-state index in [4.69, 9.17) is 14.8 Å². The van der Waals surface area contributed by atoms with Gasteiger partial charge in [-0.1, -0.05) is 6.07 Å². The molecule has 0 saturated heterocycles. The lowest BCUT2D eigenvalue weighted by molar-refractivity contribution is 0.00700. The van der Waals surface area contributed by atoms with Crippen LogP contribution in [0.25, 0.3) is 0 Å². The molecule has 17 heavy (non-hydrogen) atoms. The molecule has 0 aliphatic carbocycles. The predicted octanol–water partition coefficient (Wildman–Crippen LogP) is 0.461. The van der Waals surface area contributed by atoms with Gasteiger partial charge >= 0.3 is 13.1 Å². The second-order valence-corrected chi connectivity index (χ2v) is 4.61. The van der Waals surface area contributed by atoms with Gasteiger partial charge in [0.05, 0.1) is 5.56 Å². The maximum absolute atomic E-state index is 13.0. The average molecular weight is 240 g/mol. The second kappa shape index (κ2) is 4.85. The highest BCUT2D eigenvalue weighted by Gasteiger charge is 2.25. The van der Waals surface area contributed by atoms with E-state index in [9.17, 15) is 9.18 Å². The molecule has 0 radical (unpaired) electrons. The lowest BCUT2D eigenvalue weighted by Crippen LogP contribution is -2.37. The fraction of sp³-hybridized carbons (Fsp3) is 0.364. The van der Waals surface area contributed by atoms with Crippen molar-refractivity contribution >= 4 is 18.6 Å². The van der Waals surface area contributed by atoms with Crippen molar-refractivity contribution in [1.29, 1.82) is 0 Å². The molecule has 0 heterocycles. The van der Waals surface area contributed by atoms with Gasteiger partial charge in [-0.05, 0) is 38.4 Å². The molecule has 1 aromatic carbocycles. The number of benzene rings is 1. The monoisotopic (exact) mass is 240 g/mol. The van der Waals surface area contributed by atoms with Crippen LogP contribution in [-0.4, -0.2) is 28.7 Å². The Hall–Kier alpha value is -1.40. The molecule has 0 atom stereocenters. The normalized spacial score (nSPS) is 11.2. The number of carbonyl (C=O) groups excluding carboxylic acids is 1. The number of carbonyl (C=O) groups is 1. The molecule has 4 nitrogen and oxygen atoms in total. The van der Waals surface area contributed by atoms with Crippen molar-refractivity contribution in [2.24, 2.45) is 0 Å². The molecule has 0 unspecified atom stereocenters. The summed E-state index contributed by atoms with van der Waals surface area (Å²) in [6.07, 6.45) is 0. The quantitative estimate of drug-likeness (QED) is 0.582. The zero-order valence-corrected chi connectivity index (χ0v) is 9.90. The Bertz CT molecular complexity index is 426. The van der Waals surface area contributed by atoms with Gasteiger partial charge in [0.15, 0.2) is 0 Å². The van der Waals surface area contributed by atoms with Crippen LogP contribution in [0.3, 0.4) is 0 Å². The molecule has 0 saturated carbocycles. The van der Waals surface area contributed by atoms with Crippen molar-refractivity contribution in [3.05, 3.63) is 29.6 Å². The summed E-state index contributed by atoms with van der Waals surface area (Å²) in [5.74, 6) is -1.43. The van der Waals surface area contributed by atoms with Crippen molar-refractivity contribution in [2.45, 2.75) is 26.4 Å². The standard InChI is InChI=1S/C11H14BFO4/c1-11(2,3)17-10(14)8-6-7(13)4-5-9(8)12(15)16/h4-6,15-16H,1-3H3. The Kier molecular flexibility index (Phi) is 3.90. The first-order chi connectivity index (χ1) is 7.70. The highest BCUT2D eigenvalue weighted by atomic mass is 19.1. The predicted molar refractivity (Wildman–Crippen MR) is 61.4 cm³/mol. The Morgan fingerprint density at radius 3 is 2.41 bits per heavy atom. The summed E-state index contributed by atoms with van der Waals surface area (Å²) in [7, 11) is -1.85. The molecular weight excluding hydrogens is 226 g/mol. The largest absolute Gasteiger partial charge is 0.489 e. The molecule has 92 valence electrons. The van der Waals surface area contributed by atoms with Crippen molar-refractivity contribution in [2.75, 3.05) is 0 Å². The van der Waals surface area contributed by atoms with Gasteiger partial charge in [0.1, 0.15) is 11.4 Å². The van der Waals surface area contributed by atoms with Gasteiger partial charge in [-0.25, -0.2) is 9.18 Å². The van der Waals surface area contributed by atoms with E-state index in [1.165, 1.54) is 0 Å². The number of hydrogen-bond acceptors (Lipinski definition) is 4. The van der Waals surface area contributed by atoms with E-state index in [2.05, 4.69) is 0 Å². The zero-order valence-electron chi connectivity index (χ0n) is 9.90.